The van der Waals surface area contributed by atoms with E-state index in [1.165, 1.54) is 66.7 Å². The molecule has 1 aliphatic rings. The van der Waals surface area contributed by atoms with E-state index in [9.17, 15) is 28.8 Å². The van der Waals surface area contributed by atoms with Gasteiger partial charge in [-0.3, -0.25) is 0 Å². The largest absolute Gasteiger partial charge is 0.484 e. The Bertz CT molecular complexity index is 3220. The van der Waals surface area contributed by atoms with Gasteiger partial charge < -0.3 is 42.3 Å². The lowest BCUT2D eigenvalue weighted by atomic mass is 9.97. The number of hydrogen-bond donors (Lipinski definition) is 0. The van der Waals surface area contributed by atoms with E-state index in [4.69, 9.17) is 42.3 Å². The summed E-state index contributed by atoms with van der Waals surface area (Å²) in [6.07, 6.45) is -8.27. The summed E-state index contributed by atoms with van der Waals surface area (Å²) in [6, 6.07) is 53.3. The molecule has 72 heavy (non-hydrogen) atoms. The second-order valence-electron chi connectivity index (χ2n) is 16.1. The Hall–Kier alpha value is -9.34. The Morgan fingerprint density at radius 2 is 0.903 bits per heavy atom. The second kappa shape index (κ2) is 22.4. The molecule has 0 radical (unpaired) electrons. The summed E-state index contributed by atoms with van der Waals surface area (Å²) in [5, 5.41) is 0.193. The van der Waals surface area contributed by atoms with Crippen molar-refractivity contribution < 1.29 is 66.3 Å². The summed E-state index contributed by atoms with van der Waals surface area (Å²) in [4.78, 5) is 82.7. The van der Waals surface area contributed by atoms with E-state index in [0.717, 1.165) is 5.56 Å². The van der Waals surface area contributed by atoms with Crippen molar-refractivity contribution in [3.63, 3.8) is 0 Å². The van der Waals surface area contributed by atoms with Crippen molar-refractivity contribution in [2.24, 2.45) is 0 Å². The van der Waals surface area contributed by atoms with Gasteiger partial charge in [0.1, 0.15) is 30.7 Å². The van der Waals surface area contributed by atoms with Crippen LogP contribution in [0.5, 0.6) is 17.2 Å². The van der Waals surface area contributed by atoms with E-state index in [-0.39, 0.29) is 56.9 Å². The van der Waals surface area contributed by atoms with Crippen molar-refractivity contribution in [3.05, 3.63) is 244 Å². The van der Waals surface area contributed by atoms with E-state index in [1.807, 2.05) is 30.3 Å². The SMILES string of the molecule is O=C(OC[C@H]1O[C@@H](Oc2ccc3c(OCc4ccccc4)c(OC(=O)c4ccccc4)c(=O)oc3c2)[C@H](OC(=O)c2ccccc2)[C@@H](OC(=O)c2ccccc2)[C@@H]1OC(=O)c1ccccc1)c1ccccc1. The first-order valence-electron chi connectivity index (χ1n) is 22.6. The zero-order valence-electron chi connectivity index (χ0n) is 38.0. The van der Waals surface area contributed by atoms with Crippen molar-refractivity contribution >= 4 is 40.8 Å². The van der Waals surface area contributed by atoms with E-state index in [2.05, 4.69) is 0 Å². The summed E-state index contributed by atoms with van der Waals surface area (Å²) in [7, 11) is 0. The van der Waals surface area contributed by atoms with Crippen molar-refractivity contribution in [2.75, 3.05) is 6.61 Å². The average molecular weight is 967 g/mol. The van der Waals surface area contributed by atoms with Gasteiger partial charge in [-0.25, -0.2) is 28.8 Å². The molecule has 0 N–H and O–H groups in total. The minimum Gasteiger partial charge on any atom is -0.484 e. The summed E-state index contributed by atoms with van der Waals surface area (Å²) in [5.74, 6) is -4.93. The molecule has 8 aromatic rings. The Balaban J connectivity index is 1.13. The van der Waals surface area contributed by atoms with Crippen LogP contribution in [0.1, 0.15) is 57.4 Å². The lowest BCUT2D eigenvalue weighted by molar-refractivity contribution is -0.275. The van der Waals surface area contributed by atoms with Gasteiger partial charge in [-0.05, 0) is 78.4 Å². The van der Waals surface area contributed by atoms with Gasteiger partial charge in [-0.2, -0.15) is 0 Å². The summed E-state index contributed by atoms with van der Waals surface area (Å²) < 4.78 is 54.8. The Morgan fingerprint density at radius 3 is 1.42 bits per heavy atom. The molecule has 5 atom stereocenters. The van der Waals surface area contributed by atoms with Crippen LogP contribution in [0.4, 0.5) is 0 Å². The molecule has 2 heterocycles. The molecule has 1 fully saturated rings. The van der Waals surface area contributed by atoms with Gasteiger partial charge >= 0.3 is 35.5 Å². The standard InChI is InChI=1S/C57H42O15/c58-51(37-21-9-2-10-22-37)65-35-45-47(69-52(59)38-23-11-3-12-24-38)48(70-53(60)39-25-13-4-14-26-39)50(72-55(62)41-29-17-6-18-30-41)57(68-45)66-42-31-32-43-44(33-42)67-56(63)49(71-54(61)40-27-15-5-16-28-40)46(43)64-34-36-19-7-1-8-20-36/h1-33,45,47-48,50,57H,34-35H2/t45-,47-,48+,50-,57-/m1/s1. The molecule has 360 valence electrons. The summed E-state index contributed by atoms with van der Waals surface area (Å²) >= 11 is 0. The number of hydrogen-bond acceptors (Lipinski definition) is 15. The maximum absolute atomic E-state index is 14.1. The van der Waals surface area contributed by atoms with Crippen LogP contribution >= 0.6 is 0 Å². The second-order valence-corrected chi connectivity index (χ2v) is 16.1. The van der Waals surface area contributed by atoms with Crippen LogP contribution in [0.15, 0.2) is 209 Å². The Morgan fingerprint density at radius 1 is 0.458 bits per heavy atom. The third-order valence-corrected chi connectivity index (χ3v) is 11.2. The Labute approximate surface area is 411 Å². The number of rotatable bonds is 16. The van der Waals surface area contributed by atoms with Crippen LogP contribution in [0.2, 0.25) is 0 Å². The number of ether oxygens (including phenoxy) is 8. The third-order valence-electron chi connectivity index (χ3n) is 11.2. The minimum atomic E-state index is -1.73. The van der Waals surface area contributed by atoms with Gasteiger partial charge in [0, 0.05) is 6.07 Å². The van der Waals surface area contributed by atoms with Crippen LogP contribution < -0.4 is 19.8 Å². The van der Waals surface area contributed by atoms with Crippen LogP contribution in [-0.2, 0) is 30.3 Å². The van der Waals surface area contributed by atoms with Crippen molar-refractivity contribution in [3.8, 4) is 17.2 Å². The highest BCUT2D eigenvalue weighted by Gasteiger charge is 2.54. The third kappa shape index (κ3) is 11.4. The first-order valence-corrected chi connectivity index (χ1v) is 22.6. The van der Waals surface area contributed by atoms with Crippen LogP contribution in [0.3, 0.4) is 0 Å². The van der Waals surface area contributed by atoms with E-state index < -0.39 is 78.5 Å². The molecule has 0 bridgehead atoms. The average Bonchev–Trinajstić information content (AvgIpc) is 3.43. The fraction of sp³-hybridized carbons (Fsp3) is 0.123. The maximum atomic E-state index is 14.1. The van der Waals surface area contributed by atoms with E-state index in [0.29, 0.717) is 0 Å². The molecule has 0 unspecified atom stereocenters. The van der Waals surface area contributed by atoms with Gasteiger partial charge in [-0.1, -0.05) is 121 Å². The molecular formula is C57H42O15. The predicted molar refractivity (Wildman–Crippen MR) is 258 cm³/mol. The van der Waals surface area contributed by atoms with Gasteiger partial charge in [0.25, 0.3) is 5.75 Å². The van der Waals surface area contributed by atoms with Crippen molar-refractivity contribution in [1.29, 1.82) is 0 Å². The minimum absolute atomic E-state index is 0.0345. The lowest BCUT2D eigenvalue weighted by Crippen LogP contribution is -2.63. The van der Waals surface area contributed by atoms with Crippen molar-refractivity contribution in [2.45, 2.75) is 37.3 Å². The molecule has 15 nitrogen and oxygen atoms in total. The fourth-order valence-electron chi connectivity index (χ4n) is 7.65. The van der Waals surface area contributed by atoms with Gasteiger partial charge in [0.05, 0.1) is 33.2 Å². The number of carbonyl (C=O) groups is 5. The van der Waals surface area contributed by atoms with Crippen LogP contribution in [0.25, 0.3) is 11.0 Å². The number of benzene rings is 7. The highest BCUT2D eigenvalue weighted by atomic mass is 16.7. The molecule has 0 amide bonds. The lowest BCUT2D eigenvalue weighted by Gasteiger charge is -2.44. The Kier molecular flexibility index (Phi) is 14.8. The van der Waals surface area contributed by atoms with Gasteiger partial charge in [-0.15, -0.1) is 0 Å². The number of esters is 5. The molecule has 0 spiro atoms. The van der Waals surface area contributed by atoms with Gasteiger partial charge in [0.15, 0.2) is 18.0 Å². The number of carbonyl (C=O) groups excluding carboxylic acids is 5. The molecule has 9 rings (SSSR count). The smallest absolute Gasteiger partial charge is 0.383 e. The molecule has 0 aliphatic carbocycles. The molecule has 1 aliphatic heterocycles. The zero-order chi connectivity index (χ0) is 49.8. The topological polar surface area (TPSA) is 189 Å². The first-order chi connectivity index (χ1) is 35.2. The molecule has 1 saturated heterocycles. The molecular weight excluding hydrogens is 925 g/mol. The summed E-state index contributed by atoms with van der Waals surface area (Å²) in [6.45, 7) is -0.633. The molecule has 15 heteroatoms. The van der Waals surface area contributed by atoms with E-state index in [1.54, 1.807) is 103 Å². The highest BCUT2D eigenvalue weighted by Crippen LogP contribution is 2.38. The number of fused-ring (bicyclic) bond motifs is 1. The molecule has 1 aromatic heterocycles. The first kappa shape index (κ1) is 47.7. The van der Waals surface area contributed by atoms with E-state index >= 15 is 0 Å². The predicted octanol–water partition coefficient (Wildman–Crippen LogP) is 9.23. The highest BCUT2D eigenvalue weighted by molar-refractivity contribution is 5.94. The quantitative estimate of drug-likeness (QED) is 0.0506. The zero-order valence-corrected chi connectivity index (χ0v) is 38.0. The summed E-state index contributed by atoms with van der Waals surface area (Å²) in [5.41, 5.74) is 0.259. The molecule has 7 aromatic carbocycles. The maximum Gasteiger partial charge on any atom is 0.383 e. The fourth-order valence-corrected chi connectivity index (χ4v) is 7.65. The molecule has 0 saturated carbocycles. The van der Waals surface area contributed by atoms with Gasteiger partial charge in [0.2, 0.25) is 12.4 Å². The van der Waals surface area contributed by atoms with Crippen molar-refractivity contribution in [1.82, 2.24) is 0 Å². The van der Waals surface area contributed by atoms with Crippen LogP contribution in [0, 0.1) is 0 Å². The van der Waals surface area contributed by atoms with Crippen LogP contribution in [-0.4, -0.2) is 67.2 Å². The normalized spacial score (nSPS) is 17.1. The monoisotopic (exact) mass is 966 g/mol.